The zero-order valence-electron chi connectivity index (χ0n) is 20.6. The highest BCUT2D eigenvalue weighted by Crippen LogP contribution is 2.41. The molecular weight excluding hydrogens is 458 g/mol. The molecule has 0 aliphatic carbocycles. The number of amides is 2. The van der Waals surface area contributed by atoms with Crippen LogP contribution in [0, 0.1) is 0 Å². The molecule has 1 aromatic carbocycles. The number of hydrogen-bond acceptors (Lipinski definition) is 8. The molecule has 3 aromatic rings. The molecule has 2 aliphatic rings. The lowest BCUT2D eigenvalue weighted by Gasteiger charge is -2.30. The first-order valence-electron chi connectivity index (χ1n) is 12.0. The molecule has 36 heavy (non-hydrogen) atoms. The molecule has 1 atom stereocenters. The highest BCUT2D eigenvalue weighted by atomic mass is 16.6. The van der Waals surface area contributed by atoms with Crippen LogP contribution in [-0.4, -0.2) is 58.8 Å². The van der Waals surface area contributed by atoms with E-state index in [1.54, 1.807) is 45.4 Å². The number of fused-ring (bicyclic) bond motifs is 1. The summed E-state index contributed by atoms with van der Waals surface area (Å²) in [7, 11) is 0. The van der Waals surface area contributed by atoms with Gasteiger partial charge in [0.2, 0.25) is 0 Å². The monoisotopic (exact) mass is 487 g/mol. The maximum Gasteiger partial charge on any atom is 0.419 e. The van der Waals surface area contributed by atoms with Crippen molar-refractivity contribution in [2.45, 2.75) is 32.5 Å². The number of imide groups is 1. The minimum absolute atomic E-state index is 0.419. The topological polar surface area (TPSA) is 96.9 Å². The van der Waals surface area contributed by atoms with Crippen LogP contribution in [0.1, 0.15) is 42.9 Å². The Morgan fingerprint density at radius 2 is 1.78 bits per heavy atom. The summed E-state index contributed by atoms with van der Waals surface area (Å²) in [6.07, 6.45) is 3.68. The molecule has 9 nitrogen and oxygen atoms in total. The smallest absolute Gasteiger partial charge is 0.419 e. The number of nitrogens with zero attached hydrogens (tertiary/aromatic N) is 4. The lowest BCUT2D eigenvalue weighted by atomic mass is 9.96. The molecule has 1 N–H and O–H groups in total. The van der Waals surface area contributed by atoms with Crippen LogP contribution in [0.5, 0.6) is 0 Å². The van der Waals surface area contributed by atoms with Crippen molar-refractivity contribution in [3.8, 4) is 11.1 Å². The van der Waals surface area contributed by atoms with Crippen molar-refractivity contribution in [2.75, 3.05) is 36.5 Å². The van der Waals surface area contributed by atoms with Gasteiger partial charge in [0, 0.05) is 36.6 Å². The minimum Gasteiger partial charge on any atom is -0.443 e. The Morgan fingerprint density at radius 3 is 2.44 bits per heavy atom. The van der Waals surface area contributed by atoms with Crippen molar-refractivity contribution in [3.05, 3.63) is 72.2 Å². The minimum atomic E-state index is -0.798. The lowest BCUT2D eigenvalue weighted by molar-refractivity contribution is 0.0208. The van der Waals surface area contributed by atoms with Crippen molar-refractivity contribution < 1.29 is 19.1 Å². The van der Waals surface area contributed by atoms with Crippen LogP contribution in [-0.2, 0) is 9.47 Å². The summed E-state index contributed by atoms with van der Waals surface area (Å²) in [6, 6.07) is 13.1. The van der Waals surface area contributed by atoms with Gasteiger partial charge in [-0.1, -0.05) is 12.1 Å². The Kier molecular flexibility index (Phi) is 6.32. The summed E-state index contributed by atoms with van der Waals surface area (Å²) in [6.45, 7) is 8.30. The number of morpholine rings is 1. The molecule has 1 saturated heterocycles. The fraction of sp³-hybridized carbons (Fsp3) is 0.333. The second-order valence-corrected chi connectivity index (χ2v) is 9.71. The predicted octanol–water partition coefficient (Wildman–Crippen LogP) is 4.48. The van der Waals surface area contributed by atoms with E-state index in [2.05, 4.69) is 20.2 Å². The number of ether oxygens (including phenoxy) is 2. The number of rotatable bonds is 4. The normalized spacial score (nSPS) is 17.6. The number of carbonyl (C=O) groups is 2. The van der Waals surface area contributed by atoms with Crippen molar-refractivity contribution in [1.29, 1.82) is 0 Å². The highest BCUT2D eigenvalue weighted by Gasteiger charge is 2.44. The summed E-state index contributed by atoms with van der Waals surface area (Å²) in [5, 5.41) is 3.32. The van der Waals surface area contributed by atoms with Crippen LogP contribution in [0.4, 0.5) is 16.3 Å². The van der Waals surface area contributed by atoms with E-state index in [-0.39, 0.29) is 0 Å². The number of pyridine rings is 2. The third kappa shape index (κ3) is 4.74. The molecule has 1 fully saturated rings. The summed E-state index contributed by atoms with van der Waals surface area (Å²) in [5.41, 5.74) is 3.09. The van der Waals surface area contributed by atoms with Gasteiger partial charge in [0.15, 0.2) is 0 Å². The second-order valence-electron chi connectivity index (χ2n) is 9.71. The first kappa shape index (κ1) is 23.7. The van der Waals surface area contributed by atoms with Crippen LogP contribution < -0.4 is 10.2 Å². The third-order valence-corrected chi connectivity index (χ3v) is 6.08. The number of benzene rings is 1. The van der Waals surface area contributed by atoms with Gasteiger partial charge >= 0.3 is 6.09 Å². The van der Waals surface area contributed by atoms with Crippen LogP contribution in [0.25, 0.3) is 11.1 Å². The molecule has 1 unspecified atom stereocenters. The van der Waals surface area contributed by atoms with E-state index in [0.717, 1.165) is 34.8 Å². The number of aromatic nitrogens is 2. The van der Waals surface area contributed by atoms with Crippen molar-refractivity contribution in [2.24, 2.45) is 0 Å². The van der Waals surface area contributed by atoms with Crippen LogP contribution >= 0.6 is 0 Å². The van der Waals surface area contributed by atoms with E-state index in [1.807, 2.05) is 36.4 Å². The standard InChI is InChI=1S/C27H29N5O4/c1-27(2,3)36-26(34)32-24(30-22-8-7-19(17-29-22)31-13-15-35-16-14-31)23-20(18-9-11-28-12-10-18)5-4-6-21(23)25(32)33/h4-12,17,24H,13-16H2,1-3H3,(H,29,30). The van der Waals surface area contributed by atoms with Crippen molar-refractivity contribution >= 4 is 23.5 Å². The van der Waals surface area contributed by atoms with E-state index in [4.69, 9.17) is 9.47 Å². The third-order valence-electron chi connectivity index (χ3n) is 6.08. The van der Waals surface area contributed by atoms with Gasteiger partial charge in [0.05, 0.1) is 25.1 Å². The lowest BCUT2D eigenvalue weighted by Crippen LogP contribution is -2.41. The zero-order chi connectivity index (χ0) is 25.3. The molecule has 4 heterocycles. The highest BCUT2D eigenvalue weighted by molar-refractivity contribution is 6.09. The molecule has 186 valence electrons. The predicted molar refractivity (Wildman–Crippen MR) is 136 cm³/mol. The number of nitrogens with one attached hydrogen (secondary N) is 1. The average molecular weight is 488 g/mol. The molecule has 2 amide bonds. The fourth-order valence-corrected chi connectivity index (χ4v) is 4.46. The van der Waals surface area contributed by atoms with E-state index in [1.165, 1.54) is 0 Å². The van der Waals surface area contributed by atoms with Crippen LogP contribution in [0.15, 0.2) is 61.1 Å². The van der Waals surface area contributed by atoms with Crippen molar-refractivity contribution in [1.82, 2.24) is 14.9 Å². The Hall–Kier alpha value is -3.98. The van der Waals surface area contributed by atoms with Crippen LogP contribution in [0.3, 0.4) is 0 Å². The summed E-state index contributed by atoms with van der Waals surface area (Å²) in [4.78, 5) is 38.8. The van der Waals surface area contributed by atoms with Gasteiger partial charge in [0.1, 0.15) is 17.6 Å². The number of anilines is 2. The van der Waals surface area contributed by atoms with Crippen molar-refractivity contribution in [3.63, 3.8) is 0 Å². The van der Waals surface area contributed by atoms with Gasteiger partial charge in [-0.2, -0.15) is 0 Å². The fourth-order valence-electron chi connectivity index (χ4n) is 4.46. The molecule has 0 radical (unpaired) electrons. The molecule has 2 aromatic heterocycles. The molecular formula is C27H29N5O4. The largest absolute Gasteiger partial charge is 0.443 e. The quantitative estimate of drug-likeness (QED) is 0.575. The van der Waals surface area contributed by atoms with Crippen LogP contribution in [0.2, 0.25) is 0 Å². The van der Waals surface area contributed by atoms with E-state index in [0.29, 0.717) is 30.2 Å². The summed E-state index contributed by atoms with van der Waals surface area (Å²) < 4.78 is 11.0. The van der Waals surface area contributed by atoms with Gasteiger partial charge in [-0.05, 0) is 62.2 Å². The molecule has 9 heteroatoms. The Bertz CT molecular complexity index is 1250. The summed E-state index contributed by atoms with van der Waals surface area (Å²) >= 11 is 0. The maximum absolute atomic E-state index is 13.5. The van der Waals surface area contributed by atoms with Gasteiger partial charge < -0.3 is 19.7 Å². The first-order chi connectivity index (χ1) is 17.3. The second kappa shape index (κ2) is 9.58. The Labute approximate surface area is 210 Å². The molecule has 2 aliphatic heterocycles. The average Bonchev–Trinajstić information content (AvgIpc) is 3.16. The SMILES string of the molecule is CC(C)(C)OC(=O)N1C(=O)c2cccc(-c3ccncc3)c2C1Nc1ccc(N2CCOCC2)cn1. The van der Waals surface area contributed by atoms with E-state index in [9.17, 15) is 9.59 Å². The van der Waals surface area contributed by atoms with E-state index >= 15 is 0 Å². The molecule has 5 rings (SSSR count). The molecule has 0 bridgehead atoms. The number of hydrogen-bond donors (Lipinski definition) is 1. The van der Waals surface area contributed by atoms with Gasteiger partial charge in [-0.3, -0.25) is 9.78 Å². The Balaban J connectivity index is 1.52. The maximum atomic E-state index is 13.5. The van der Waals surface area contributed by atoms with Gasteiger partial charge in [0.25, 0.3) is 5.91 Å². The van der Waals surface area contributed by atoms with E-state index < -0.39 is 23.8 Å². The number of carbonyl (C=O) groups excluding carboxylic acids is 2. The first-order valence-corrected chi connectivity index (χ1v) is 12.0. The summed E-state index contributed by atoms with van der Waals surface area (Å²) in [5.74, 6) is 0.119. The molecule has 0 saturated carbocycles. The Morgan fingerprint density at radius 1 is 1.06 bits per heavy atom. The zero-order valence-corrected chi connectivity index (χ0v) is 20.6. The molecule has 0 spiro atoms. The van der Waals surface area contributed by atoms with Gasteiger partial charge in [-0.15, -0.1) is 0 Å². The van der Waals surface area contributed by atoms with Gasteiger partial charge in [-0.25, -0.2) is 14.7 Å².